The molecule has 94 valence electrons. The Balaban J connectivity index is 1.77. The third kappa shape index (κ3) is 1.93. The highest BCUT2D eigenvalue weighted by atomic mass is 16.5. The van der Waals surface area contributed by atoms with Gasteiger partial charge in [-0.05, 0) is 49.7 Å². The van der Waals surface area contributed by atoms with Gasteiger partial charge in [0.15, 0.2) is 0 Å². The standard InChI is InChI=1S/C16H19NO/c17-12-16(10-8-14-5-3-11-18-14)9-7-13-4-1-2-6-15(13)16/h1-2,4,6,14H,3,5,7-11H2. The first-order chi connectivity index (χ1) is 8.84. The second-order valence-electron chi connectivity index (χ2n) is 5.52. The first-order valence-corrected chi connectivity index (χ1v) is 6.95. The summed E-state index contributed by atoms with van der Waals surface area (Å²) in [5.74, 6) is 0. The van der Waals surface area contributed by atoms with E-state index in [0.29, 0.717) is 6.10 Å². The molecule has 1 saturated heterocycles. The molecule has 0 aromatic heterocycles. The summed E-state index contributed by atoms with van der Waals surface area (Å²) in [6.45, 7) is 0.904. The minimum atomic E-state index is -0.247. The number of nitrogens with zero attached hydrogens (tertiary/aromatic N) is 1. The average molecular weight is 241 g/mol. The van der Waals surface area contributed by atoms with E-state index in [2.05, 4.69) is 30.3 Å². The van der Waals surface area contributed by atoms with Gasteiger partial charge in [-0.1, -0.05) is 24.3 Å². The molecule has 3 rings (SSSR count). The second-order valence-corrected chi connectivity index (χ2v) is 5.52. The number of aryl methyl sites for hydroxylation is 1. The maximum absolute atomic E-state index is 9.65. The van der Waals surface area contributed by atoms with Crippen molar-refractivity contribution in [3.63, 3.8) is 0 Å². The number of hydrogen-bond acceptors (Lipinski definition) is 2. The van der Waals surface area contributed by atoms with Crippen molar-refractivity contribution in [3.8, 4) is 6.07 Å². The van der Waals surface area contributed by atoms with Crippen LogP contribution in [0.25, 0.3) is 0 Å². The van der Waals surface area contributed by atoms with Crippen molar-refractivity contribution in [3.05, 3.63) is 35.4 Å². The fourth-order valence-corrected chi connectivity index (χ4v) is 3.40. The number of hydrogen-bond donors (Lipinski definition) is 0. The lowest BCUT2D eigenvalue weighted by atomic mass is 9.78. The molecule has 0 N–H and O–H groups in total. The van der Waals surface area contributed by atoms with E-state index < -0.39 is 0 Å². The molecule has 1 aliphatic heterocycles. The predicted molar refractivity (Wildman–Crippen MR) is 70.3 cm³/mol. The summed E-state index contributed by atoms with van der Waals surface area (Å²) in [4.78, 5) is 0. The van der Waals surface area contributed by atoms with Gasteiger partial charge < -0.3 is 4.74 Å². The smallest absolute Gasteiger partial charge is 0.0829 e. The maximum Gasteiger partial charge on any atom is 0.0829 e. The van der Waals surface area contributed by atoms with E-state index in [1.54, 1.807) is 0 Å². The second kappa shape index (κ2) is 4.74. The molecule has 18 heavy (non-hydrogen) atoms. The van der Waals surface area contributed by atoms with E-state index in [1.807, 2.05) is 0 Å². The lowest BCUT2D eigenvalue weighted by molar-refractivity contribution is 0.0982. The lowest BCUT2D eigenvalue weighted by Crippen LogP contribution is -2.23. The van der Waals surface area contributed by atoms with Gasteiger partial charge in [-0.3, -0.25) is 0 Å². The van der Waals surface area contributed by atoms with Crippen LogP contribution in [-0.4, -0.2) is 12.7 Å². The molecule has 2 heteroatoms. The Morgan fingerprint density at radius 2 is 2.28 bits per heavy atom. The molecule has 1 heterocycles. The van der Waals surface area contributed by atoms with Crippen LogP contribution in [-0.2, 0) is 16.6 Å². The van der Waals surface area contributed by atoms with Crippen molar-refractivity contribution in [2.24, 2.45) is 0 Å². The monoisotopic (exact) mass is 241 g/mol. The number of rotatable bonds is 3. The minimum Gasteiger partial charge on any atom is -0.378 e. The minimum absolute atomic E-state index is 0.247. The summed E-state index contributed by atoms with van der Waals surface area (Å²) in [6.07, 6.45) is 6.75. The van der Waals surface area contributed by atoms with Crippen LogP contribution in [0.1, 0.15) is 43.2 Å². The molecule has 2 aliphatic rings. The van der Waals surface area contributed by atoms with E-state index in [4.69, 9.17) is 4.74 Å². The SMILES string of the molecule is N#CC1(CCC2CCCO2)CCc2ccccc21. The van der Waals surface area contributed by atoms with Gasteiger partial charge in [-0.15, -0.1) is 0 Å². The molecule has 0 spiro atoms. The van der Waals surface area contributed by atoms with Crippen LogP contribution in [0.2, 0.25) is 0 Å². The quantitative estimate of drug-likeness (QED) is 0.813. The molecule has 0 amide bonds. The summed E-state index contributed by atoms with van der Waals surface area (Å²) in [7, 11) is 0. The van der Waals surface area contributed by atoms with Crippen LogP contribution >= 0.6 is 0 Å². The molecular weight excluding hydrogens is 222 g/mol. The molecule has 2 unspecified atom stereocenters. The normalized spacial score (nSPS) is 30.1. The van der Waals surface area contributed by atoms with Gasteiger partial charge in [-0.25, -0.2) is 0 Å². The van der Waals surface area contributed by atoms with E-state index in [-0.39, 0.29) is 5.41 Å². The third-order valence-electron chi connectivity index (χ3n) is 4.49. The zero-order valence-electron chi connectivity index (χ0n) is 10.7. The van der Waals surface area contributed by atoms with E-state index in [1.165, 1.54) is 24.0 Å². The lowest BCUT2D eigenvalue weighted by Gasteiger charge is -2.23. The number of benzene rings is 1. The summed E-state index contributed by atoms with van der Waals surface area (Å²) < 4.78 is 5.68. The Morgan fingerprint density at radius 1 is 1.39 bits per heavy atom. The number of ether oxygens (including phenoxy) is 1. The highest BCUT2D eigenvalue weighted by Crippen LogP contribution is 2.42. The van der Waals surface area contributed by atoms with Crippen molar-refractivity contribution in [2.75, 3.05) is 6.61 Å². The molecule has 1 aliphatic carbocycles. The number of nitriles is 1. The fourth-order valence-electron chi connectivity index (χ4n) is 3.40. The van der Waals surface area contributed by atoms with Crippen LogP contribution in [0, 0.1) is 11.3 Å². The van der Waals surface area contributed by atoms with E-state index >= 15 is 0 Å². The van der Waals surface area contributed by atoms with Crippen molar-refractivity contribution >= 4 is 0 Å². The zero-order chi connectivity index (χ0) is 12.4. The zero-order valence-corrected chi connectivity index (χ0v) is 10.7. The van der Waals surface area contributed by atoms with Crippen LogP contribution in [0.3, 0.4) is 0 Å². The Hall–Kier alpha value is -1.33. The first kappa shape index (κ1) is 11.7. The largest absolute Gasteiger partial charge is 0.378 e. The van der Waals surface area contributed by atoms with Crippen molar-refractivity contribution in [2.45, 2.75) is 50.0 Å². The Kier molecular flexibility index (Phi) is 3.09. The Morgan fingerprint density at radius 3 is 3.06 bits per heavy atom. The summed E-state index contributed by atoms with van der Waals surface area (Å²) >= 11 is 0. The summed E-state index contributed by atoms with van der Waals surface area (Å²) in [5, 5.41) is 9.65. The van der Waals surface area contributed by atoms with Crippen LogP contribution < -0.4 is 0 Å². The third-order valence-corrected chi connectivity index (χ3v) is 4.49. The van der Waals surface area contributed by atoms with Crippen LogP contribution in [0.15, 0.2) is 24.3 Å². The Labute approximate surface area is 109 Å². The van der Waals surface area contributed by atoms with Gasteiger partial charge in [0, 0.05) is 6.61 Å². The van der Waals surface area contributed by atoms with Gasteiger partial charge in [0.05, 0.1) is 17.6 Å². The van der Waals surface area contributed by atoms with E-state index in [9.17, 15) is 5.26 Å². The average Bonchev–Trinajstić information content (AvgIpc) is 3.05. The molecule has 0 saturated carbocycles. The molecule has 0 radical (unpaired) electrons. The highest BCUT2D eigenvalue weighted by molar-refractivity contribution is 5.43. The highest BCUT2D eigenvalue weighted by Gasteiger charge is 2.39. The summed E-state index contributed by atoms with van der Waals surface area (Å²) in [6, 6.07) is 11.0. The van der Waals surface area contributed by atoms with Crippen molar-refractivity contribution in [1.29, 1.82) is 5.26 Å². The van der Waals surface area contributed by atoms with Gasteiger partial charge in [0.2, 0.25) is 0 Å². The van der Waals surface area contributed by atoms with Gasteiger partial charge in [0.25, 0.3) is 0 Å². The van der Waals surface area contributed by atoms with Crippen LogP contribution in [0.5, 0.6) is 0 Å². The van der Waals surface area contributed by atoms with Gasteiger partial charge in [-0.2, -0.15) is 5.26 Å². The van der Waals surface area contributed by atoms with Crippen LogP contribution in [0.4, 0.5) is 0 Å². The van der Waals surface area contributed by atoms with E-state index in [0.717, 1.165) is 32.3 Å². The fraction of sp³-hybridized carbons (Fsp3) is 0.562. The molecule has 2 nitrogen and oxygen atoms in total. The maximum atomic E-state index is 9.65. The molecular formula is C16H19NO. The number of fused-ring (bicyclic) bond motifs is 1. The van der Waals surface area contributed by atoms with Crippen molar-refractivity contribution < 1.29 is 4.74 Å². The molecule has 1 fully saturated rings. The van der Waals surface area contributed by atoms with Gasteiger partial charge in [0.1, 0.15) is 0 Å². The molecule has 2 atom stereocenters. The van der Waals surface area contributed by atoms with Gasteiger partial charge >= 0.3 is 0 Å². The molecule has 0 bridgehead atoms. The van der Waals surface area contributed by atoms with Crippen molar-refractivity contribution in [1.82, 2.24) is 0 Å². The molecule has 1 aromatic rings. The Bertz CT molecular complexity index is 470. The molecule has 1 aromatic carbocycles. The predicted octanol–water partition coefficient (Wildman–Crippen LogP) is 3.35. The first-order valence-electron chi connectivity index (χ1n) is 6.95. The summed E-state index contributed by atoms with van der Waals surface area (Å²) in [5.41, 5.74) is 2.39. The topological polar surface area (TPSA) is 33.0 Å².